The third-order valence-corrected chi connectivity index (χ3v) is 4.55. The number of carbonyl (C=O) groups excluding carboxylic acids is 1. The van der Waals surface area contributed by atoms with Crippen molar-refractivity contribution in [2.24, 2.45) is 5.92 Å². The average Bonchev–Trinajstić information content (AvgIpc) is 2.44. The second kappa shape index (κ2) is 9.30. The number of nitrogens with one attached hydrogen (secondary N) is 1. The SMILES string of the molecule is CSCCC(NC(=O)C(C(C)C)N1CCCCC1)C(=O)O. The number of carbonyl (C=O) groups is 2. The molecule has 0 aromatic heterocycles. The van der Waals surface area contributed by atoms with E-state index in [0.29, 0.717) is 6.42 Å². The Bertz CT molecular complexity index is 344. The summed E-state index contributed by atoms with van der Waals surface area (Å²) in [6, 6.07) is -1.00. The molecule has 0 bridgehead atoms. The number of likely N-dealkylation sites (tertiary alicyclic amines) is 1. The van der Waals surface area contributed by atoms with Gasteiger partial charge in [0, 0.05) is 0 Å². The van der Waals surface area contributed by atoms with Crippen LogP contribution in [0.3, 0.4) is 0 Å². The number of thioether (sulfide) groups is 1. The summed E-state index contributed by atoms with van der Waals surface area (Å²) in [4.78, 5) is 26.0. The van der Waals surface area contributed by atoms with E-state index in [0.717, 1.165) is 31.7 Å². The van der Waals surface area contributed by atoms with Gasteiger partial charge in [0.05, 0.1) is 6.04 Å². The van der Waals surface area contributed by atoms with Gasteiger partial charge in [-0.05, 0) is 50.3 Å². The minimum absolute atomic E-state index is 0.139. The van der Waals surface area contributed by atoms with E-state index < -0.39 is 12.0 Å². The second-order valence-electron chi connectivity index (χ2n) is 5.97. The number of aliphatic carboxylic acids is 1. The molecule has 2 unspecified atom stereocenters. The van der Waals surface area contributed by atoms with Crippen molar-refractivity contribution < 1.29 is 14.7 Å². The predicted molar refractivity (Wildman–Crippen MR) is 86.6 cm³/mol. The smallest absolute Gasteiger partial charge is 0.326 e. The Hall–Kier alpha value is -0.750. The molecule has 1 heterocycles. The van der Waals surface area contributed by atoms with Crippen LogP contribution >= 0.6 is 11.8 Å². The van der Waals surface area contributed by atoms with E-state index in [9.17, 15) is 14.7 Å². The summed E-state index contributed by atoms with van der Waals surface area (Å²) in [7, 11) is 0. The van der Waals surface area contributed by atoms with Crippen molar-refractivity contribution in [3.8, 4) is 0 Å². The highest BCUT2D eigenvalue weighted by Gasteiger charge is 2.32. The fraction of sp³-hybridized carbons (Fsp3) is 0.867. The first kappa shape index (κ1) is 18.3. The summed E-state index contributed by atoms with van der Waals surface area (Å²) in [6.07, 6.45) is 5.85. The number of hydrogen-bond donors (Lipinski definition) is 2. The lowest BCUT2D eigenvalue weighted by atomic mass is 9.98. The van der Waals surface area contributed by atoms with Crippen LogP contribution in [0.2, 0.25) is 0 Å². The first-order valence-electron chi connectivity index (χ1n) is 7.73. The molecule has 1 aliphatic heterocycles. The number of hydrogen-bond acceptors (Lipinski definition) is 4. The highest BCUT2D eigenvalue weighted by Crippen LogP contribution is 2.18. The molecule has 5 nitrogen and oxygen atoms in total. The first-order valence-corrected chi connectivity index (χ1v) is 9.13. The monoisotopic (exact) mass is 316 g/mol. The molecule has 2 N–H and O–H groups in total. The van der Waals surface area contributed by atoms with E-state index in [1.165, 1.54) is 6.42 Å². The van der Waals surface area contributed by atoms with Crippen LogP contribution in [0.15, 0.2) is 0 Å². The Morgan fingerprint density at radius 2 is 1.86 bits per heavy atom. The van der Waals surface area contributed by atoms with Crippen LogP contribution in [-0.2, 0) is 9.59 Å². The fourth-order valence-corrected chi connectivity index (χ4v) is 3.31. The minimum Gasteiger partial charge on any atom is -0.480 e. The first-order chi connectivity index (χ1) is 9.97. The lowest BCUT2D eigenvalue weighted by molar-refractivity contribution is -0.143. The lowest BCUT2D eigenvalue weighted by Crippen LogP contribution is -2.55. The van der Waals surface area contributed by atoms with Gasteiger partial charge in [-0.3, -0.25) is 9.69 Å². The molecule has 1 saturated heterocycles. The Morgan fingerprint density at radius 3 is 2.33 bits per heavy atom. The van der Waals surface area contributed by atoms with E-state index in [1.54, 1.807) is 11.8 Å². The van der Waals surface area contributed by atoms with Gasteiger partial charge in [0.25, 0.3) is 0 Å². The van der Waals surface area contributed by atoms with Gasteiger partial charge in [-0.25, -0.2) is 4.79 Å². The van der Waals surface area contributed by atoms with Gasteiger partial charge in [-0.2, -0.15) is 11.8 Å². The molecular weight excluding hydrogens is 288 g/mol. The molecule has 6 heteroatoms. The Kier molecular flexibility index (Phi) is 8.11. The zero-order chi connectivity index (χ0) is 15.8. The molecule has 122 valence electrons. The van der Waals surface area contributed by atoms with Crippen molar-refractivity contribution in [2.45, 2.75) is 51.6 Å². The van der Waals surface area contributed by atoms with Gasteiger partial charge in [0.15, 0.2) is 0 Å². The van der Waals surface area contributed by atoms with Crippen molar-refractivity contribution in [2.75, 3.05) is 25.1 Å². The highest BCUT2D eigenvalue weighted by atomic mass is 32.2. The molecule has 0 radical (unpaired) electrons. The van der Waals surface area contributed by atoms with Crippen molar-refractivity contribution >= 4 is 23.6 Å². The van der Waals surface area contributed by atoms with E-state index in [4.69, 9.17) is 0 Å². The van der Waals surface area contributed by atoms with Crippen molar-refractivity contribution in [1.82, 2.24) is 10.2 Å². The number of rotatable bonds is 8. The van der Waals surface area contributed by atoms with Gasteiger partial charge in [-0.1, -0.05) is 20.3 Å². The summed E-state index contributed by atoms with van der Waals surface area (Å²) >= 11 is 1.59. The maximum Gasteiger partial charge on any atom is 0.326 e. The standard InChI is InChI=1S/C15H28N2O3S/c1-11(2)13(17-8-5-4-6-9-17)14(18)16-12(15(19)20)7-10-21-3/h11-13H,4-10H2,1-3H3,(H,16,18)(H,19,20). The lowest BCUT2D eigenvalue weighted by Gasteiger charge is -2.36. The van der Waals surface area contributed by atoms with Crippen molar-refractivity contribution in [3.63, 3.8) is 0 Å². The number of piperidine rings is 1. The minimum atomic E-state index is -0.946. The predicted octanol–water partition coefficient (Wildman–Crippen LogP) is 1.82. The number of nitrogens with zero attached hydrogens (tertiary/aromatic N) is 1. The van der Waals surface area contributed by atoms with Crippen molar-refractivity contribution in [3.05, 3.63) is 0 Å². The summed E-state index contributed by atoms with van der Waals surface area (Å²) in [5, 5.41) is 12.0. The summed E-state index contributed by atoms with van der Waals surface area (Å²) in [6.45, 7) is 5.91. The van der Waals surface area contributed by atoms with Gasteiger partial charge >= 0.3 is 5.97 Å². The van der Waals surface area contributed by atoms with Crippen LogP contribution in [0.5, 0.6) is 0 Å². The van der Waals surface area contributed by atoms with Crippen LogP contribution in [0.1, 0.15) is 39.5 Å². The third kappa shape index (κ3) is 5.87. The molecular formula is C15H28N2O3S. The average molecular weight is 316 g/mol. The summed E-state index contributed by atoms with van der Waals surface area (Å²) in [5.74, 6) is -0.176. The molecule has 0 spiro atoms. The largest absolute Gasteiger partial charge is 0.480 e. The molecule has 21 heavy (non-hydrogen) atoms. The van der Waals surface area contributed by atoms with Gasteiger partial charge < -0.3 is 10.4 Å². The number of amides is 1. The van der Waals surface area contributed by atoms with Crippen LogP contribution < -0.4 is 5.32 Å². The van der Waals surface area contributed by atoms with Gasteiger partial charge in [0.1, 0.15) is 6.04 Å². The van der Waals surface area contributed by atoms with Crippen LogP contribution in [0.4, 0.5) is 0 Å². The topological polar surface area (TPSA) is 69.6 Å². The van der Waals surface area contributed by atoms with Crippen molar-refractivity contribution in [1.29, 1.82) is 0 Å². The van der Waals surface area contributed by atoms with E-state index in [1.807, 2.05) is 20.1 Å². The van der Waals surface area contributed by atoms with E-state index in [-0.39, 0.29) is 17.9 Å². The maximum absolute atomic E-state index is 12.5. The maximum atomic E-state index is 12.5. The Labute approximate surface area is 131 Å². The van der Waals surface area contributed by atoms with E-state index in [2.05, 4.69) is 10.2 Å². The Morgan fingerprint density at radius 1 is 1.24 bits per heavy atom. The molecule has 1 rings (SSSR count). The molecule has 2 atom stereocenters. The molecule has 0 aromatic carbocycles. The van der Waals surface area contributed by atoms with Gasteiger partial charge in [0.2, 0.25) is 5.91 Å². The molecule has 1 fully saturated rings. The van der Waals surface area contributed by atoms with E-state index >= 15 is 0 Å². The zero-order valence-corrected chi connectivity index (χ0v) is 14.1. The normalized spacial score (nSPS) is 19.2. The fourth-order valence-electron chi connectivity index (χ4n) is 2.84. The van der Waals surface area contributed by atoms with Crippen LogP contribution in [0.25, 0.3) is 0 Å². The number of carboxylic acids is 1. The summed E-state index contributed by atoms with van der Waals surface area (Å²) in [5.41, 5.74) is 0. The van der Waals surface area contributed by atoms with Gasteiger partial charge in [-0.15, -0.1) is 0 Å². The third-order valence-electron chi connectivity index (χ3n) is 3.91. The quantitative estimate of drug-likeness (QED) is 0.715. The Balaban J connectivity index is 2.68. The molecule has 0 aliphatic carbocycles. The van der Waals surface area contributed by atoms with Crippen LogP contribution in [-0.4, -0.2) is 59.1 Å². The summed E-state index contributed by atoms with van der Waals surface area (Å²) < 4.78 is 0. The molecule has 1 amide bonds. The zero-order valence-electron chi connectivity index (χ0n) is 13.3. The molecule has 0 aromatic rings. The molecule has 0 saturated carbocycles. The highest BCUT2D eigenvalue weighted by molar-refractivity contribution is 7.98. The van der Waals surface area contributed by atoms with Crippen LogP contribution in [0, 0.1) is 5.92 Å². The molecule has 1 aliphatic rings. The number of carboxylic acid groups (broad SMARTS) is 1. The second-order valence-corrected chi connectivity index (χ2v) is 6.95.